The minimum Gasteiger partial charge on any atom is -0.333 e. The summed E-state index contributed by atoms with van der Waals surface area (Å²) in [5.41, 5.74) is -0.465. The van der Waals surface area contributed by atoms with Crippen LogP contribution < -0.4 is 10.6 Å². The molecule has 0 spiro atoms. The van der Waals surface area contributed by atoms with E-state index in [1.165, 1.54) is 10.4 Å². The number of rotatable bonds is 4. The molecule has 1 saturated heterocycles. The Labute approximate surface area is 169 Å². The summed E-state index contributed by atoms with van der Waals surface area (Å²) in [6, 6.07) is 2.69. The molecule has 1 aromatic carbocycles. The highest BCUT2D eigenvalue weighted by Gasteiger charge is 2.29. The van der Waals surface area contributed by atoms with Crippen molar-refractivity contribution in [3.8, 4) is 0 Å². The summed E-state index contributed by atoms with van der Waals surface area (Å²) < 4.78 is 39.8. The number of nitrogens with zero attached hydrogens (tertiary/aromatic N) is 2. The predicted molar refractivity (Wildman–Crippen MR) is 103 cm³/mol. The zero-order valence-electron chi connectivity index (χ0n) is 16.0. The van der Waals surface area contributed by atoms with Gasteiger partial charge < -0.3 is 5.32 Å². The van der Waals surface area contributed by atoms with Gasteiger partial charge in [0.1, 0.15) is 5.82 Å². The van der Waals surface area contributed by atoms with Crippen LogP contribution in [0.15, 0.2) is 23.1 Å². The minimum absolute atomic E-state index is 0.0200. The Morgan fingerprint density at radius 3 is 2.32 bits per heavy atom. The summed E-state index contributed by atoms with van der Waals surface area (Å²) in [5.74, 6) is -1.16. The fourth-order valence-electron chi connectivity index (χ4n) is 2.66. The topological polar surface area (TPSA) is 98.8 Å². The number of halogens is 2. The smallest absolute Gasteiger partial charge is 0.321 e. The van der Waals surface area contributed by atoms with E-state index in [-0.39, 0.29) is 29.6 Å². The van der Waals surface area contributed by atoms with Crippen molar-refractivity contribution in [1.29, 1.82) is 0 Å². The Kier molecular flexibility index (Phi) is 7.02. The highest BCUT2D eigenvalue weighted by atomic mass is 35.5. The first-order valence-electron chi connectivity index (χ1n) is 8.68. The van der Waals surface area contributed by atoms with Crippen LogP contribution in [0.2, 0.25) is 5.02 Å². The van der Waals surface area contributed by atoms with E-state index in [0.717, 1.165) is 12.1 Å². The van der Waals surface area contributed by atoms with Crippen LogP contribution in [0.3, 0.4) is 0 Å². The van der Waals surface area contributed by atoms with Crippen molar-refractivity contribution in [2.24, 2.45) is 0 Å². The Balaban J connectivity index is 1.89. The summed E-state index contributed by atoms with van der Waals surface area (Å²) in [7, 11) is -3.80. The second-order valence-corrected chi connectivity index (χ2v) is 9.85. The van der Waals surface area contributed by atoms with Crippen LogP contribution in [-0.2, 0) is 14.8 Å². The molecule has 1 aromatic rings. The van der Waals surface area contributed by atoms with Crippen LogP contribution in [-0.4, -0.2) is 67.8 Å². The van der Waals surface area contributed by atoms with Gasteiger partial charge in [0.25, 0.3) is 0 Å². The van der Waals surface area contributed by atoms with Gasteiger partial charge in [-0.25, -0.2) is 17.6 Å². The first-order chi connectivity index (χ1) is 12.9. The fraction of sp³-hybridized carbons (Fsp3) is 0.529. The van der Waals surface area contributed by atoms with E-state index in [0.29, 0.717) is 13.1 Å². The van der Waals surface area contributed by atoms with Crippen molar-refractivity contribution < 1.29 is 22.4 Å². The molecule has 2 rings (SSSR count). The van der Waals surface area contributed by atoms with Crippen LogP contribution in [0.4, 0.5) is 9.18 Å². The second-order valence-electron chi connectivity index (χ2n) is 7.51. The molecule has 0 aromatic heterocycles. The van der Waals surface area contributed by atoms with Crippen molar-refractivity contribution in [1.82, 2.24) is 19.8 Å². The van der Waals surface area contributed by atoms with Gasteiger partial charge in [-0.2, -0.15) is 4.31 Å². The van der Waals surface area contributed by atoms with Gasteiger partial charge in [-0.15, -0.1) is 0 Å². The lowest BCUT2D eigenvalue weighted by atomic mass is 10.1. The summed E-state index contributed by atoms with van der Waals surface area (Å²) >= 11 is 5.68. The van der Waals surface area contributed by atoms with E-state index in [2.05, 4.69) is 10.6 Å². The first-order valence-corrected chi connectivity index (χ1v) is 10.5. The lowest BCUT2D eigenvalue weighted by Crippen LogP contribution is -2.53. The maximum absolute atomic E-state index is 13.3. The molecule has 11 heteroatoms. The summed E-state index contributed by atoms with van der Waals surface area (Å²) in [6.45, 7) is 6.34. The maximum Gasteiger partial charge on any atom is 0.321 e. The number of imide groups is 1. The Morgan fingerprint density at radius 2 is 1.79 bits per heavy atom. The normalized spacial score (nSPS) is 16.6. The van der Waals surface area contributed by atoms with Gasteiger partial charge in [0.2, 0.25) is 15.9 Å². The van der Waals surface area contributed by atoms with Gasteiger partial charge in [-0.05, 0) is 39.0 Å². The molecule has 156 valence electrons. The Morgan fingerprint density at radius 1 is 1.18 bits per heavy atom. The summed E-state index contributed by atoms with van der Waals surface area (Å²) in [6.07, 6.45) is 0. The maximum atomic E-state index is 13.3. The minimum atomic E-state index is -3.80. The zero-order valence-corrected chi connectivity index (χ0v) is 17.5. The third-order valence-electron chi connectivity index (χ3n) is 3.97. The van der Waals surface area contributed by atoms with Crippen molar-refractivity contribution in [2.45, 2.75) is 31.2 Å². The molecule has 0 unspecified atom stereocenters. The number of carbonyl (C=O) groups excluding carboxylic acids is 2. The third-order valence-corrected chi connectivity index (χ3v) is 6.15. The fourth-order valence-corrected chi connectivity index (χ4v) is 4.35. The van der Waals surface area contributed by atoms with Gasteiger partial charge in [-0.1, -0.05) is 11.6 Å². The molecular weight excluding hydrogens is 411 g/mol. The number of hydrogen-bond donors (Lipinski definition) is 2. The molecule has 1 aliphatic rings. The SMILES string of the molecule is CC(C)(C)NC(=O)NC(=O)CN1CCN(S(=O)(=O)c2ccc(F)c(Cl)c2)CC1. The predicted octanol–water partition coefficient (Wildman–Crippen LogP) is 1.41. The van der Waals surface area contributed by atoms with Crippen molar-refractivity contribution in [2.75, 3.05) is 32.7 Å². The number of hydrogen-bond acceptors (Lipinski definition) is 5. The van der Waals surface area contributed by atoms with E-state index < -0.39 is 33.3 Å². The van der Waals surface area contributed by atoms with Crippen LogP contribution in [0.1, 0.15) is 20.8 Å². The molecule has 0 aliphatic carbocycles. The van der Waals surface area contributed by atoms with Crippen LogP contribution in [0.5, 0.6) is 0 Å². The van der Waals surface area contributed by atoms with E-state index in [1.807, 2.05) is 0 Å². The number of carbonyl (C=O) groups is 2. The lowest BCUT2D eigenvalue weighted by molar-refractivity contribution is -0.121. The van der Waals surface area contributed by atoms with Gasteiger partial charge >= 0.3 is 6.03 Å². The lowest BCUT2D eigenvalue weighted by Gasteiger charge is -2.33. The summed E-state index contributed by atoms with van der Waals surface area (Å²) in [5, 5.41) is 4.62. The number of urea groups is 1. The van der Waals surface area contributed by atoms with Gasteiger partial charge in [0.15, 0.2) is 0 Å². The monoisotopic (exact) mass is 434 g/mol. The average Bonchev–Trinajstić information content (AvgIpc) is 2.55. The number of sulfonamides is 1. The number of piperazine rings is 1. The number of amides is 3. The standard InChI is InChI=1S/C17H24ClFN4O4S/c1-17(2,3)21-16(25)20-15(24)11-22-6-8-23(9-7-22)28(26,27)12-4-5-14(19)13(18)10-12/h4-5,10H,6-9,11H2,1-3H3,(H2,20,21,24,25). The van der Waals surface area contributed by atoms with Crippen molar-refractivity contribution in [3.05, 3.63) is 29.0 Å². The third kappa shape index (κ3) is 6.13. The van der Waals surface area contributed by atoms with Crippen molar-refractivity contribution in [3.63, 3.8) is 0 Å². The summed E-state index contributed by atoms with van der Waals surface area (Å²) in [4.78, 5) is 25.4. The highest BCUT2D eigenvalue weighted by Crippen LogP contribution is 2.23. The molecule has 2 N–H and O–H groups in total. The van der Waals surface area contributed by atoms with E-state index in [1.54, 1.807) is 25.7 Å². The van der Waals surface area contributed by atoms with Crippen molar-refractivity contribution >= 4 is 33.6 Å². The Hall–Kier alpha value is -1.75. The second kappa shape index (κ2) is 8.73. The van der Waals surface area contributed by atoms with Gasteiger partial charge in [-0.3, -0.25) is 15.0 Å². The molecule has 1 heterocycles. The average molecular weight is 435 g/mol. The van der Waals surface area contributed by atoms with E-state index in [4.69, 9.17) is 11.6 Å². The van der Waals surface area contributed by atoms with Crippen LogP contribution in [0, 0.1) is 5.82 Å². The molecule has 0 atom stereocenters. The molecule has 3 amide bonds. The van der Waals surface area contributed by atoms with E-state index in [9.17, 15) is 22.4 Å². The van der Waals surface area contributed by atoms with Crippen LogP contribution >= 0.6 is 11.6 Å². The molecule has 0 radical (unpaired) electrons. The Bertz CT molecular complexity index is 849. The molecule has 0 bridgehead atoms. The molecule has 0 saturated carbocycles. The molecule has 28 heavy (non-hydrogen) atoms. The molecular formula is C17H24ClFN4O4S. The van der Waals surface area contributed by atoms with Crippen LogP contribution in [0.25, 0.3) is 0 Å². The number of nitrogens with one attached hydrogen (secondary N) is 2. The quantitative estimate of drug-likeness (QED) is 0.746. The molecule has 1 fully saturated rings. The van der Waals surface area contributed by atoms with Gasteiger partial charge in [0, 0.05) is 31.7 Å². The zero-order chi connectivity index (χ0) is 21.1. The number of benzene rings is 1. The molecule has 1 aliphatic heterocycles. The van der Waals surface area contributed by atoms with E-state index >= 15 is 0 Å². The molecule has 8 nitrogen and oxygen atoms in total. The van der Waals surface area contributed by atoms with Gasteiger partial charge in [0.05, 0.1) is 16.5 Å². The highest BCUT2D eigenvalue weighted by molar-refractivity contribution is 7.89. The first kappa shape index (κ1) is 22.5. The largest absolute Gasteiger partial charge is 0.333 e.